The molecule has 0 saturated carbocycles. The molecule has 1 aromatic rings. The van der Waals surface area contributed by atoms with Crippen LogP contribution < -0.4 is 5.73 Å². The van der Waals surface area contributed by atoms with Crippen LogP contribution in [0.3, 0.4) is 0 Å². The lowest BCUT2D eigenvalue weighted by Gasteiger charge is -2.36. The molecule has 0 spiro atoms. The summed E-state index contributed by atoms with van der Waals surface area (Å²) in [6.45, 7) is 1.68. The molecule has 0 radical (unpaired) electrons. The zero-order valence-electron chi connectivity index (χ0n) is 11.1. The van der Waals surface area contributed by atoms with Crippen LogP contribution in [0.1, 0.15) is 6.92 Å². The monoisotopic (exact) mass is 336 g/mol. The number of benzene rings is 1. The Bertz CT molecular complexity index is 667. The number of sulfonamides is 1. The van der Waals surface area contributed by atoms with Crippen molar-refractivity contribution in [3.63, 3.8) is 0 Å². The first-order chi connectivity index (χ1) is 9.75. The van der Waals surface area contributed by atoms with Crippen LogP contribution in [-0.4, -0.2) is 43.9 Å². The van der Waals surface area contributed by atoms with Crippen LogP contribution >= 0.6 is 11.6 Å². The van der Waals surface area contributed by atoms with Crippen molar-refractivity contribution in [2.75, 3.05) is 13.2 Å². The number of ether oxygens (including phenoxy) is 1. The van der Waals surface area contributed by atoms with Crippen LogP contribution in [0.5, 0.6) is 0 Å². The van der Waals surface area contributed by atoms with Gasteiger partial charge >= 0.3 is 0 Å². The summed E-state index contributed by atoms with van der Waals surface area (Å²) in [5.74, 6) is -1.53. The number of primary amides is 1. The third kappa shape index (κ3) is 3.03. The molecular formula is C12H14ClFN2O4S. The molecule has 1 amide bonds. The van der Waals surface area contributed by atoms with Crippen molar-refractivity contribution in [3.05, 3.63) is 29.0 Å². The summed E-state index contributed by atoms with van der Waals surface area (Å²) >= 11 is 5.61. The van der Waals surface area contributed by atoms with Crippen molar-refractivity contribution in [2.24, 2.45) is 5.73 Å². The molecule has 1 aliphatic rings. The van der Waals surface area contributed by atoms with E-state index in [0.29, 0.717) is 0 Å². The number of nitrogens with zero attached hydrogens (tertiary/aromatic N) is 1. The van der Waals surface area contributed by atoms with Crippen molar-refractivity contribution in [3.8, 4) is 0 Å². The Kier molecular flexibility index (Phi) is 4.52. The number of carbonyl (C=O) groups is 1. The molecule has 2 rings (SSSR count). The maximum atomic E-state index is 13.2. The van der Waals surface area contributed by atoms with Crippen molar-refractivity contribution in [1.82, 2.24) is 4.31 Å². The van der Waals surface area contributed by atoms with Gasteiger partial charge in [-0.15, -0.1) is 0 Å². The van der Waals surface area contributed by atoms with Gasteiger partial charge in [-0.1, -0.05) is 11.6 Å². The smallest absolute Gasteiger partial charge is 0.244 e. The third-order valence-corrected chi connectivity index (χ3v) is 5.40. The van der Waals surface area contributed by atoms with Crippen LogP contribution in [0.25, 0.3) is 0 Å². The highest BCUT2D eigenvalue weighted by molar-refractivity contribution is 7.89. The van der Waals surface area contributed by atoms with E-state index in [9.17, 15) is 17.6 Å². The largest absolute Gasteiger partial charge is 0.375 e. The van der Waals surface area contributed by atoms with E-state index >= 15 is 0 Å². The van der Waals surface area contributed by atoms with Gasteiger partial charge in [-0.25, -0.2) is 12.8 Å². The Labute approximate surface area is 126 Å². The quantitative estimate of drug-likeness (QED) is 0.881. The third-order valence-electron chi connectivity index (χ3n) is 3.24. The zero-order chi connectivity index (χ0) is 15.8. The van der Waals surface area contributed by atoms with Crippen molar-refractivity contribution < 1.29 is 22.3 Å². The summed E-state index contributed by atoms with van der Waals surface area (Å²) in [5.41, 5.74) is 5.27. The molecule has 0 unspecified atom stereocenters. The first-order valence-electron chi connectivity index (χ1n) is 6.13. The second-order valence-corrected chi connectivity index (χ2v) is 6.91. The predicted molar refractivity (Wildman–Crippen MR) is 73.7 cm³/mol. The van der Waals surface area contributed by atoms with Crippen LogP contribution in [0.15, 0.2) is 23.1 Å². The van der Waals surface area contributed by atoms with Gasteiger partial charge in [0.15, 0.2) is 0 Å². The second-order valence-electron chi connectivity index (χ2n) is 4.61. The normalized spacial score (nSPS) is 24.0. The Morgan fingerprint density at radius 1 is 1.52 bits per heavy atom. The number of morpholine rings is 1. The van der Waals surface area contributed by atoms with Gasteiger partial charge in [0.1, 0.15) is 11.9 Å². The predicted octanol–water partition coefficient (Wildman–Crippen LogP) is 0.742. The molecule has 1 saturated heterocycles. The van der Waals surface area contributed by atoms with Crippen molar-refractivity contribution >= 4 is 27.5 Å². The number of rotatable bonds is 3. The first kappa shape index (κ1) is 16.2. The molecule has 0 bridgehead atoms. The van der Waals surface area contributed by atoms with Gasteiger partial charge < -0.3 is 10.5 Å². The SMILES string of the molecule is C[C@H]1OCCN(S(=O)(=O)c2ccc(F)c(Cl)c2)[C@@H]1C(N)=O. The van der Waals surface area contributed by atoms with Crippen molar-refractivity contribution in [2.45, 2.75) is 24.0 Å². The van der Waals surface area contributed by atoms with E-state index in [4.69, 9.17) is 22.1 Å². The van der Waals surface area contributed by atoms with Crippen molar-refractivity contribution in [1.29, 1.82) is 0 Å². The lowest BCUT2D eigenvalue weighted by molar-refractivity contribution is -0.130. The van der Waals surface area contributed by atoms with E-state index in [1.165, 1.54) is 0 Å². The number of hydrogen-bond donors (Lipinski definition) is 1. The van der Waals surface area contributed by atoms with Crippen LogP contribution in [0, 0.1) is 5.82 Å². The summed E-state index contributed by atoms with van der Waals surface area (Å²) in [6.07, 6.45) is -0.665. The lowest BCUT2D eigenvalue weighted by Crippen LogP contribution is -2.58. The molecule has 9 heteroatoms. The molecule has 2 atom stereocenters. The fourth-order valence-electron chi connectivity index (χ4n) is 2.21. The van der Waals surface area contributed by atoms with Crippen LogP contribution in [-0.2, 0) is 19.6 Å². The van der Waals surface area contributed by atoms with Gasteiger partial charge in [0, 0.05) is 6.54 Å². The average Bonchev–Trinajstić information content (AvgIpc) is 2.41. The summed E-state index contributed by atoms with van der Waals surface area (Å²) < 4.78 is 44.6. The van der Waals surface area contributed by atoms with E-state index in [1.54, 1.807) is 6.92 Å². The molecule has 0 aliphatic carbocycles. The van der Waals surface area contributed by atoms with Crippen LogP contribution in [0.2, 0.25) is 5.02 Å². The van der Waals surface area contributed by atoms with E-state index < -0.39 is 33.9 Å². The highest BCUT2D eigenvalue weighted by Crippen LogP contribution is 2.26. The molecule has 1 heterocycles. The molecule has 116 valence electrons. The highest BCUT2D eigenvalue weighted by Gasteiger charge is 2.41. The van der Waals surface area contributed by atoms with Gasteiger partial charge in [-0.05, 0) is 25.1 Å². The summed E-state index contributed by atoms with van der Waals surface area (Å²) in [5, 5.41) is -0.312. The van der Waals surface area contributed by atoms with Gasteiger partial charge in [0.2, 0.25) is 15.9 Å². The minimum Gasteiger partial charge on any atom is -0.375 e. The molecule has 21 heavy (non-hydrogen) atoms. The molecule has 1 aromatic carbocycles. The Morgan fingerprint density at radius 2 is 2.19 bits per heavy atom. The number of halogens is 2. The topological polar surface area (TPSA) is 89.7 Å². The lowest BCUT2D eigenvalue weighted by atomic mass is 10.1. The van der Waals surface area contributed by atoms with Gasteiger partial charge in [-0.2, -0.15) is 4.31 Å². The zero-order valence-corrected chi connectivity index (χ0v) is 12.7. The van der Waals surface area contributed by atoms with Gasteiger partial charge in [0.25, 0.3) is 0 Å². The van der Waals surface area contributed by atoms with E-state index in [-0.39, 0.29) is 23.1 Å². The summed E-state index contributed by atoms with van der Waals surface area (Å²) in [6, 6.07) is 1.94. The number of amides is 1. The molecule has 6 nitrogen and oxygen atoms in total. The molecule has 2 N–H and O–H groups in total. The minimum absolute atomic E-state index is 0.0186. The first-order valence-corrected chi connectivity index (χ1v) is 7.95. The fraction of sp³-hybridized carbons (Fsp3) is 0.417. The Morgan fingerprint density at radius 3 is 2.76 bits per heavy atom. The number of nitrogens with two attached hydrogens (primary N) is 1. The molecule has 1 aliphatic heterocycles. The number of carbonyl (C=O) groups excluding carboxylic acids is 1. The average molecular weight is 337 g/mol. The Balaban J connectivity index is 2.45. The maximum Gasteiger partial charge on any atom is 0.244 e. The van der Waals surface area contributed by atoms with Gasteiger partial charge in [0.05, 0.1) is 22.6 Å². The van der Waals surface area contributed by atoms with Crippen LogP contribution in [0.4, 0.5) is 4.39 Å². The number of hydrogen-bond acceptors (Lipinski definition) is 4. The van der Waals surface area contributed by atoms with E-state index in [1.807, 2.05) is 0 Å². The standard InChI is InChI=1S/C12H14ClFN2O4S/c1-7-11(12(15)17)16(4-5-20-7)21(18,19)8-2-3-10(14)9(13)6-8/h2-3,6-7,11H,4-5H2,1H3,(H2,15,17)/t7-,11+/m1/s1. The second kappa shape index (κ2) is 5.88. The Hall–Kier alpha value is -1.22. The maximum absolute atomic E-state index is 13.2. The summed E-state index contributed by atoms with van der Waals surface area (Å²) in [7, 11) is -4.03. The summed E-state index contributed by atoms with van der Waals surface area (Å²) in [4.78, 5) is 11.3. The molecule has 0 aromatic heterocycles. The van der Waals surface area contributed by atoms with Gasteiger partial charge in [-0.3, -0.25) is 4.79 Å². The molecule has 1 fully saturated rings. The molecular weight excluding hydrogens is 323 g/mol. The van der Waals surface area contributed by atoms with E-state index in [2.05, 4.69) is 0 Å². The highest BCUT2D eigenvalue weighted by atomic mass is 35.5. The van der Waals surface area contributed by atoms with E-state index in [0.717, 1.165) is 22.5 Å². The fourth-order valence-corrected chi connectivity index (χ4v) is 4.12. The minimum atomic E-state index is -4.03.